The third kappa shape index (κ3) is 3.23. The van der Waals surface area contributed by atoms with Crippen LogP contribution < -0.4 is 9.47 Å². The van der Waals surface area contributed by atoms with Crippen LogP contribution in [-0.2, 0) is 6.61 Å². The summed E-state index contributed by atoms with van der Waals surface area (Å²) in [5.41, 5.74) is 0.526. The molecule has 0 saturated heterocycles. The van der Waals surface area contributed by atoms with Crippen LogP contribution in [0.4, 0.5) is 10.1 Å². The first-order valence-electron chi connectivity index (χ1n) is 5.80. The summed E-state index contributed by atoms with van der Waals surface area (Å²) in [6.07, 6.45) is 0. The van der Waals surface area contributed by atoms with Gasteiger partial charge < -0.3 is 9.47 Å². The Bertz CT molecular complexity index is 630. The highest BCUT2D eigenvalue weighted by Crippen LogP contribution is 2.31. The van der Waals surface area contributed by atoms with E-state index < -0.39 is 4.92 Å². The fourth-order valence-corrected chi connectivity index (χ4v) is 1.68. The van der Waals surface area contributed by atoms with Crippen molar-refractivity contribution < 1.29 is 18.8 Å². The summed E-state index contributed by atoms with van der Waals surface area (Å²) >= 11 is 0. The van der Waals surface area contributed by atoms with E-state index in [1.165, 1.54) is 37.4 Å². The fourth-order valence-electron chi connectivity index (χ4n) is 1.68. The van der Waals surface area contributed by atoms with Gasteiger partial charge in [-0.1, -0.05) is 12.1 Å². The highest BCUT2D eigenvalue weighted by Gasteiger charge is 2.12. The molecule has 0 heterocycles. The lowest BCUT2D eigenvalue weighted by Crippen LogP contribution is -1.99. The van der Waals surface area contributed by atoms with E-state index in [9.17, 15) is 14.5 Å². The van der Waals surface area contributed by atoms with E-state index in [1.54, 1.807) is 12.1 Å². The molecular formula is C14H12FNO4. The molecule has 0 aliphatic rings. The number of benzene rings is 2. The van der Waals surface area contributed by atoms with Gasteiger partial charge in [0.15, 0.2) is 11.5 Å². The van der Waals surface area contributed by atoms with Crippen molar-refractivity contribution in [3.05, 3.63) is 64.0 Å². The van der Waals surface area contributed by atoms with Gasteiger partial charge in [0.25, 0.3) is 5.69 Å². The maximum absolute atomic E-state index is 13.0. The molecule has 0 fully saturated rings. The minimum atomic E-state index is -0.519. The van der Waals surface area contributed by atoms with Gasteiger partial charge in [0.1, 0.15) is 12.4 Å². The maximum atomic E-state index is 13.0. The number of ether oxygens (including phenoxy) is 2. The molecule has 0 atom stereocenters. The zero-order valence-electron chi connectivity index (χ0n) is 10.7. The summed E-state index contributed by atoms with van der Waals surface area (Å²) in [6.45, 7) is 0.0925. The van der Waals surface area contributed by atoms with Crippen molar-refractivity contribution in [2.45, 2.75) is 6.61 Å². The molecule has 104 valence electrons. The Morgan fingerprint density at radius 3 is 2.65 bits per heavy atom. The zero-order valence-corrected chi connectivity index (χ0v) is 10.7. The Morgan fingerprint density at radius 2 is 2.00 bits per heavy atom. The minimum Gasteiger partial charge on any atom is -0.493 e. The number of nitro groups is 1. The van der Waals surface area contributed by atoms with Gasteiger partial charge in [-0.25, -0.2) is 4.39 Å². The SMILES string of the molecule is COc1ccc([N+](=O)[O-])cc1OCc1cccc(F)c1. The second-order valence-corrected chi connectivity index (χ2v) is 4.01. The highest BCUT2D eigenvalue weighted by molar-refractivity contribution is 5.48. The summed E-state index contributed by atoms with van der Waals surface area (Å²) < 4.78 is 23.6. The van der Waals surface area contributed by atoms with E-state index in [-0.39, 0.29) is 23.9 Å². The monoisotopic (exact) mass is 277 g/mol. The van der Waals surface area contributed by atoms with Crippen molar-refractivity contribution in [1.82, 2.24) is 0 Å². The number of hydrogen-bond donors (Lipinski definition) is 0. The molecule has 0 aliphatic heterocycles. The molecule has 0 spiro atoms. The molecule has 0 aliphatic carbocycles. The predicted molar refractivity (Wildman–Crippen MR) is 70.4 cm³/mol. The van der Waals surface area contributed by atoms with E-state index >= 15 is 0 Å². The number of nitro benzene ring substituents is 1. The van der Waals surface area contributed by atoms with Crippen LogP contribution in [-0.4, -0.2) is 12.0 Å². The quantitative estimate of drug-likeness (QED) is 0.621. The number of hydrogen-bond acceptors (Lipinski definition) is 4. The molecule has 0 amide bonds. The standard InChI is InChI=1S/C14H12FNO4/c1-19-13-6-5-12(16(17)18)8-14(13)20-9-10-3-2-4-11(15)7-10/h2-8H,9H2,1H3. The van der Waals surface area contributed by atoms with E-state index in [0.717, 1.165) is 0 Å². The van der Waals surface area contributed by atoms with Crippen molar-refractivity contribution in [1.29, 1.82) is 0 Å². The van der Waals surface area contributed by atoms with Gasteiger partial charge in [-0.2, -0.15) is 0 Å². The van der Waals surface area contributed by atoms with Crippen molar-refractivity contribution in [3.8, 4) is 11.5 Å². The maximum Gasteiger partial charge on any atom is 0.273 e. The third-order valence-corrected chi connectivity index (χ3v) is 2.64. The van der Waals surface area contributed by atoms with Gasteiger partial charge in [-0.05, 0) is 23.8 Å². The second kappa shape index (κ2) is 6.01. The van der Waals surface area contributed by atoms with E-state index in [1.807, 2.05) is 0 Å². The zero-order chi connectivity index (χ0) is 14.5. The van der Waals surface area contributed by atoms with E-state index in [4.69, 9.17) is 9.47 Å². The summed E-state index contributed by atoms with van der Waals surface area (Å²) in [6, 6.07) is 10.00. The molecule has 0 saturated carbocycles. The summed E-state index contributed by atoms with van der Waals surface area (Å²) in [5, 5.41) is 10.7. The van der Waals surface area contributed by atoms with Gasteiger partial charge in [0, 0.05) is 6.07 Å². The Balaban J connectivity index is 2.19. The van der Waals surface area contributed by atoms with Gasteiger partial charge >= 0.3 is 0 Å². The first-order chi connectivity index (χ1) is 9.60. The molecule has 0 unspecified atom stereocenters. The lowest BCUT2D eigenvalue weighted by molar-refractivity contribution is -0.385. The van der Waals surface area contributed by atoms with Crippen molar-refractivity contribution >= 4 is 5.69 Å². The lowest BCUT2D eigenvalue weighted by atomic mass is 10.2. The molecule has 2 rings (SSSR count). The van der Waals surface area contributed by atoms with Crippen LogP contribution in [0.5, 0.6) is 11.5 Å². The molecule has 20 heavy (non-hydrogen) atoms. The summed E-state index contributed by atoms with van der Waals surface area (Å²) in [5.74, 6) is 0.259. The van der Waals surface area contributed by atoms with Gasteiger partial charge in [-0.15, -0.1) is 0 Å². The molecule has 2 aromatic rings. The summed E-state index contributed by atoms with van der Waals surface area (Å²) in [7, 11) is 1.44. The first kappa shape index (κ1) is 13.8. The van der Waals surface area contributed by atoms with Gasteiger partial charge in [-0.3, -0.25) is 10.1 Å². The fraction of sp³-hybridized carbons (Fsp3) is 0.143. The predicted octanol–water partition coefficient (Wildman–Crippen LogP) is 3.32. The Kier molecular flexibility index (Phi) is 4.14. The van der Waals surface area contributed by atoms with Gasteiger partial charge in [0.2, 0.25) is 0 Å². The Labute approximate surface area is 114 Å². The number of methoxy groups -OCH3 is 1. The van der Waals surface area contributed by atoms with Gasteiger partial charge in [0.05, 0.1) is 18.1 Å². The van der Waals surface area contributed by atoms with Crippen LogP contribution in [0.2, 0.25) is 0 Å². The number of nitrogens with zero attached hydrogens (tertiary/aromatic N) is 1. The first-order valence-corrected chi connectivity index (χ1v) is 5.80. The lowest BCUT2D eigenvalue weighted by Gasteiger charge is -2.10. The topological polar surface area (TPSA) is 61.6 Å². The molecule has 0 radical (unpaired) electrons. The molecular weight excluding hydrogens is 265 g/mol. The minimum absolute atomic E-state index is 0.0925. The van der Waals surface area contributed by atoms with Crippen LogP contribution in [0.15, 0.2) is 42.5 Å². The normalized spacial score (nSPS) is 10.1. The van der Waals surface area contributed by atoms with Crippen molar-refractivity contribution in [2.24, 2.45) is 0 Å². The highest BCUT2D eigenvalue weighted by atomic mass is 19.1. The van der Waals surface area contributed by atoms with Crippen LogP contribution in [0.1, 0.15) is 5.56 Å². The van der Waals surface area contributed by atoms with Crippen molar-refractivity contribution in [3.63, 3.8) is 0 Å². The smallest absolute Gasteiger partial charge is 0.273 e. The van der Waals surface area contributed by atoms with Crippen molar-refractivity contribution in [2.75, 3.05) is 7.11 Å². The number of non-ortho nitro benzene ring substituents is 1. The van der Waals surface area contributed by atoms with E-state index in [2.05, 4.69) is 0 Å². The third-order valence-electron chi connectivity index (χ3n) is 2.64. The van der Waals surface area contributed by atoms with Crippen LogP contribution in [0.3, 0.4) is 0 Å². The summed E-state index contributed by atoms with van der Waals surface area (Å²) in [4.78, 5) is 10.2. The Morgan fingerprint density at radius 1 is 1.20 bits per heavy atom. The van der Waals surface area contributed by atoms with E-state index in [0.29, 0.717) is 11.3 Å². The average Bonchev–Trinajstić information content (AvgIpc) is 2.44. The average molecular weight is 277 g/mol. The van der Waals surface area contributed by atoms with Crippen LogP contribution in [0.25, 0.3) is 0 Å². The van der Waals surface area contributed by atoms with Crippen LogP contribution >= 0.6 is 0 Å². The second-order valence-electron chi connectivity index (χ2n) is 4.01. The van der Waals surface area contributed by atoms with Crippen LogP contribution in [0, 0.1) is 15.9 Å². The molecule has 0 bridgehead atoms. The molecule has 6 heteroatoms. The molecule has 5 nitrogen and oxygen atoms in total. The molecule has 0 N–H and O–H groups in total. The number of halogens is 1. The molecule has 0 aromatic heterocycles. The molecule has 2 aromatic carbocycles. The number of rotatable bonds is 5. The Hall–Kier alpha value is -2.63. The largest absolute Gasteiger partial charge is 0.493 e.